The lowest BCUT2D eigenvalue weighted by Crippen LogP contribution is -2.02. The molecule has 0 saturated heterocycles. The van der Waals surface area contributed by atoms with Gasteiger partial charge >= 0.3 is 0 Å². The Hall–Kier alpha value is -1.65. The van der Waals surface area contributed by atoms with Gasteiger partial charge in [-0.05, 0) is 38.4 Å². The molecule has 0 spiro atoms. The second-order valence-corrected chi connectivity index (χ2v) is 6.38. The number of hydrogen-bond acceptors (Lipinski definition) is 3. The molecule has 104 valence electrons. The zero-order chi connectivity index (χ0) is 14.1. The van der Waals surface area contributed by atoms with Crippen molar-refractivity contribution in [3.63, 3.8) is 0 Å². The number of nitrogens with zero attached hydrogens (tertiary/aromatic N) is 2. The van der Waals surface area contributed by atoms with Crippen molar-refractivity contribution < 1.29 is 0 Å². The van der Waals surface area contributed by atoms with Gasteiger partial charge in [0.05, 0.1) is 12.2 Å². The average molecular weight is 285 g/mol. The molecule has 0 radical (unpaired) electrons. The third-order valence-electron chi connectivity index (χ3n) is 3.66. The van der Waals surface area contributed by atoms with Crippen molar-refractivity contribution in [2.75, 3.05) is 6.54 Å². The Morgan fingerprint density at radius 1 is 1.25 bits per heavy atom. The van der Waals surface area contributed by atoms with Crippen LogP contribution in [-0.2, 0) is 13.0 Å². The van der Waals surface area contributed by atoms with Gasteiger partial charge in [0.2, 0.25) is 0 Å². The number of thiazole rings is 1. The zero-order valence-corrected chi connectivity index (χ0v) is 12.7. The zero-order valence-electron chi connectivity index (χ0n) is 11.9. The minimum atomic E-state index is 0.684. The largest absolute Gasteiger partial charge is 0.340 e. The molecule has 0 aliphatic rings. The lowest BCUT2D eigenvalue weighted by atomic mass is 10.1. The number of benzene rings is 1. The first-order chi connectivity index (χ1) is 9.69. The Balaban J connectivity index is 2.02. The van der Waals surface area contributed by atoms with Crippen LogP contribution in [0.25, 0.3) is 10.9 Å². The molecule has 0 bridgehead atoms. The molecule has 3 nitrogen and oxygen atoms in total. The number of rotatable bonds is 4. The molecule has 0 saturated carbocycles. The quantitative estimate of drug-likeness (QED) is 0.799. The van der Waals surface area contributed by atoms with Gasteiger partial charge in [0.25, 0.3) is 0 Å². The maximum Gasteiger partial charge on any atom is 0.113 e. The summed E-state index contributed by atoms with van der Waals surface area (Å²) in [5.74, 6) is 0. The average Bonchev–Trinajstić information content (AvgIpc) is 2.93. The second kappa shape index (κ2) is 5.38. The highest BCUT2D eigenvalue weighted by molar-refractivity contribution is 7.11. The van der Waals surface area contributed by atoms with Gasteiger partial charge < -0.3 is 10.3 Å². The van der Waals surface area contributed by atoms with Crippen LogP contribution in [-0.4, -0.2) is 16.1 Å². The molecule has 3 aromatic rings. The van der Waals surface area contributed by atoms with Crippen LogP contribution < -0.4 is 5.73 Å². The maximum absolute atomic E-state index is 5.72. The van der Waals surface area contributed by atoms with Crippen molar-refractivity contribution in [2.45, 2.75) is 26.8 Å². The van der Waals surface area contributed by atoms with E-state index in [1.165, 1.54) is 26.4 Å². The minimum Gasteiger partial charge on any atom is -0.340 e. The summed E-state index contributed by atoms with van der Waals surface area (Å²) in [6, 6.07) is 8.52. The first kappa shape index (κ1) is 13.3. The number of para-hydroxylation sites is 1. The van der Waals surface area contributed by atoms with Crippen molar-refractivity contribution >= 4 is 22.2 Å². The third kappa shape index (κ3) is 2.37. The Morgan fingerprint density at radius 2 is 2.05 bits per heavy atom. The summed E-state index contributed by atoms with van der Waals surface area (Å²) in [6.07, 6.45) is 3.15. The highest BCUT2D eigenvalue weighted by atomic mass is 32.1. The van der Waals surface area contributed by atoms with Crippen molar-refractivity contribution in [1.82, 2.24) is 9.55 Å². The van der Waals surface area contributed by atoms with Crippen LogP contribution in [0.4, 0.5) is 0 Å². The van der Waals surface area contributed by atoms with Gasteiger partial charge in [-0.1, -0.05) is 18.2 Å². The van der Waals surface area contributed by atoms with Crippen LogP contribution >= 0.6 is 11.3 Å². The van der Waals surface area contributed by atoms with Gasteiger partial charge in [0.1, 0.15) is 5.01 Å². The fourth-order valence-electron chi connectivity index (χ4n) is 2.56. The van der Waals surface area contributed by atoms with E-state index in [0.29, 0.717) is 6.54 Å². The SMILES string of the molecule is Cc1nc(Cn2cc(CCN)c3ccccc32)sc1C. The van der Waals surface area contributed by atoms with Gasteiger partial charge in [-0.2, -0.15) is 0 Å². The van der Waals surface area contributed by atoms with Gasteiger partial charge in [-0.3, -0.25) is 0 Å². The Morgan fingerprint density at radius 3 is 2.75 bits per heavy atom. The van der Waals surface area contributed by atoms with E-state index in [0.717, 1.165) is 18.7 Å². The fraction of sp³-hybridized carbons (Fsp3) is 0.312. The summed E-state index contributed by atoms with van der Waals surface area (Å²) in [5, 5.41) is 2.48. The number of aromatic nitrogens is 2. The number of hydrogen-bond donors (Lipinski definition) is 1. The van der Waals surface area contributed by atoms with E-state index < -0.39 is 0 Å². The van der Waals surface area contributed by atoms with Gasteiger partial charge in [0, 0.05) is 22.0 Å². The van der Waals surface area contributed by atoms with Crippen LogP contribution in [0.3, 0.4) is 0 Å². The molecule has 3 rings (SSSR count). The summed E-state index contributed by atoms with van der Waals surface area (Å²) < 4.78 is 2.29. The molecule has 0 unspecified atom stereocenters. The molecule has 2 aromatic heterocycles. The third-order valence-corrected chi connectivity index (χ3v) is 4.72. The first-order valence-corrected chi connectivity index (χ1v) is 7.70. The van der Waals surface area contributed by atoms with Crippen molar-refractivity contribution in [3.8, 4) is 0 Å². The highest BCUT2D eigenvalue weighted by Gasteiger charge is 2.10. The molecule has 0 fully saturated rings. The highest BCUT2D eigenvalue weighted by Crippen LogP contribution is 2.24. The monoisotopic (exact) mass is 285 g/mol. The van der Waals surface area contributed by atoms with E-state index in [9.17, 15) is 0 Å². The second-order valence-electron chi connectivity index (χ2n) is 5.09. The molecule has 0 aliphatic heterocycles. The molecule has 20 heavy (non-hydrogen) atoms. The van der Waals surface area contributed by atoms with Gasteiger partial charge in [-0.25, -0.2) is 4.98 Å². The van der Waals surface area contributed by atoms with E-state index in [-0.39, 0.29) is 0 Å². The Labute approximate surface area is 123 Å². The van der Waals surface area contributed by atoms with Crippen LogP contribution in [0.15, 0.2) is 30.5 Å². The van der Waals surface area contributed by atoms with E-state index >= 15 is 0 Å². The van der Waals surface area contributed by atoms with Crippen LogP contribution in [0.2, 0.25) is 0 Å². The molecule has 0 aliphatic carbocycles. The molecule has 4 heteroatoms. The van der Waals surface area contributed by atoms with Crippen LogP contribution in [0.5, 0.6) is 0 Å². The molecular weight excluding hydrogens is 266 g/mol. The summed E-state index contributed by atoms with van der Waals surface area (Å²) in [4.78, 5) is 5.94. The number of nitrogens with two attached hydrogens (primary N) is 1. The maximum atomic E-state index is 5.72. The predicted molar refractivity (Wildman–Crippen MR) is 85.4 cm³/mol. The topological polar surface area (TPSA) is 43.8 Å². The lowest BCUT2D eigenvalue weighted by molar-refractivity contribution is 0.816. The predicted octanol–water partition coefficient (Wildman–Crippen LogP) is 3.26. The first-order valence-electron chi connectivity index (χ1n) is 6.88. The molecule has 1 aromatic carbocycles. The van der Waals surface area contributed by atoms with Gasteiger partial charge in [-0.15, -0.1) is 11.3 Å². The summed E-state index contributed by atoms with van der Waals surface area (Å²) >= 11 is 1.78. The normalized spacial score (nSPS) is 11.3. The van der Waals surface area contributed by atoms with Crippen LogP contribution in [0, 0.1) is 13.8 Å². The molecule has 2 heterocycles. The lowest BCUT2D eigenvalue weighted by Gasteiger charge is -2.01. The van der Waals surface area contributed by atoms with Crippen molar-refractivity contribution in [2.24, 2.45) is 5.73 Å². The van der Waals surface area contributed by atoms with Crippen LogP contribution in [0.1, 0.15) is 21.1 Å². The van der Waals surface area contributed by atoms with E-state index in [1.807, 2.05) is 0 Å². The van der Waals surface area contributed by atoms with E-state index in [2.05, 4.69) is 53.9 Å². The molecule has 0 amide bonds. The number of fused-ring (bicyclic) bond motifs is 1. The number of aryl methyl sites for hydroxylation is 2. The summed E-state index contributed by atoms with van der Waals surface area (Å²) in [5.41, 5.74) is 9.45. The minimum absolute atomic E-state index is 0.684. The molecular formula is C16H19N3S. The summed E-state index contributed by atoms with van der Waals surface area (Å²) in [7, 11) is 0. The van der Waals surface area contributed by atoms with E-state index in [1.54, 1.807) is 11.3 Å². The van der Waals surface area contributed by atoms with E-state index in [4.69, 9.17) is 5.73 Å². The van der Waals surface area contributed by atoms with Gasteiger partial charge in [0.15, 0.2) is 0 Å². The summed E-state index contributed by atoms with van der Waals surface area (Å²) in [6.45, 7) is 5.72. The molecule has 0 atom stereocenters. The van der Waals surface area contributed by atoms with Crippen molar-refractivity contribution in [3.05, 3.63) is 51.6 Å². The molecule has 2 N–H and O–H groups in total. The van der Waals surface area contributed by atoms with Crippen molar-refractivity contribution in [1.29, 1.82) is 0 Å². The smallest absolute Gasteiger partial charge is 0.113 e. The standard InChI is InChI=1S/C16H19N3S/c1-11-12(2)20-16(18-11)10-19-9-13(7-8-17)14-5-3-4-6-15(14)19/h3-6,9H,7-8,10,17H2,1-2H3. The Bertz CT molecular complexity index is 720. The Kier molecular flexibility index (Phi) is 3.59. The fourth-order valence-corrected chi connectivity index (χ4v) is 3.49.